The lowest BCUT2D eigenvalue weighted by Crippen LogP contribution is -2.46. The molecule has 1 heteroatoms. The monoisotopic (exact) mass is 380 g/mol. The SMILES string of the molecule is CCCCCCCCCCCCCCCCC[N+]1(CCCCC)CCCC1. The van der Waals surface area contributed by atoms with Gasteiger partial charge in [-0.2, -0.15) is 0 Å². The van der Waals surface area contributed by atoms with E-state index in [9.17, 15) is 0 Å². The first kappa shape index (κ1) is 25.0. The van der Waals surface area contributed by atoms with E-state index in [-0.39, 0.29) is 0 Å². The van der Waals surface area contributed by atoms with Gasteiger partial charge in [0.1, 0.15) is 0 Å². The van der Waals surface area contributed by atoms with E-state index in [0.717, 1.165) is 0 Å². The molecule has 1 aliphatic rings. The van der Waals surface area contributed by atoms with Crippen molar-refractivity contribution in [3.63, 3.8) is 0 Å². The molecule has 1 rings (SSSR count). The zero-order valence-corrected chi connectivity index (χ0v) is 19.4. The minimum absolute atomic E-state index is 1.37. The van der Waals surface area contributed by atoms with E-state index in [1.807, 2.05) is 0 Å². The predicted molar refractivity (Wildman–Crippen MR) is 123 cm³/mol. The highest BCUT2D eigenvalue weighted by Crippen LogP contribution is 2.22. The Bertz CT molecular complexity index is 293. The minimum Gasteiger partial charge on any atom is -0.324 e. The summed E-state index contributed by atoms with van der Waals surface area (Å²) in [5, 5.41) is 0. The van der Waals surface area contributed by atoms with Crippen LogP contribution in [0.2, 0.25) is 0 Å². The van der Waals surface area contributed by atoms with Crippen molar-refractivity contribution in [1.29, 1.82) is 0 Å². The van der Waals surface area contributed by atoms with Gasteiger partial charge in [0, 0.05) is 12.8 Å². The van der Waals surface area contributed by atoms with Crippen LogP contribution in [0.3, 0.4) is 0 Å². The summed E-state index contributed by atoms with van der Waals surface area (Å²) in [6.07, 6.45) is 29.4. The second-order valence-corrected chi connectivity index (χ2v) is 9.60. The van der Waals surface area contributed by atoms with Gasteiger partial charge < -0.3 is 4.48 Å². The minimum atomic E-state index is 1.37. The molecule has 1 nitrogen and oxygen atoms in total. The summed E-state index contributed by atoms with van der Waals surface area (Å²) in [4.78, 5) is 0. The fraction of sp³-hybridized carbons (Fsp3) is 1.00. The van der Waals surface area contributed by atoms with Crippen molar-refractivity contribution in [1.82, 2.24) is 0 Å². The number of hydrogen-bond donors (Lipinski definition) is 0. The number of nitrogens with zero attached hydrogens (tertiary/aromatic N) is 1. The first-order chi connectivity index (χ1) is 13.3. The molecule has 0 spiro atoms. The van der Waals surface area contributed by atoms with Crippen LogP contribution >= 0.6 is 0 Å². The van der Waals surface area contributed by atoms with E-state index < -0.39 is 0 Å². The number of quaternary nitrogens is 1. The lowest BCUT2D eigenvalue weighted by Gasteiger charge is -2.34. The molecule has 0 aromatic rings. The van der Waals surface area contributed by atoms with Gasteiger partial charge in [0.05, 0.1) is 26.2 Å². The topological polar surface area (TPSA) is 0 Å². The van der Waals surface area contributed by atoms with Crippen LogP contribution in [0.4, 0.5) is 0 Å². The largest absolute Gasteiger partial charge is 0.324 e. The van der Waals surface area contributed by atoms with Crippen LogP contribution in [0.5, 0.6) is 0 Å². The molecule has 1 heterocycles. The lowest BCUT2D eigenvalue weighted by molar-refractivity contribution is -0.917. The Morgan fingerprint density at radius 3 is 1.11 bits per heavy atom. The molecule has 0 bridgehead atoms. The first-order valence-electron chi connectivity index (χ1n) is 13.2. The molecule has 0 aromatic heterocycles. The Hall–Kier alpha value is -0.0400. The molecule has 27 heavy (non-hydrogen) atoms. The number of rotatable bonds is 20. The van der Waals surface area contributed by atoms with Crippen LogP contribution in [0.25, 0.3) is 0 Å². The Kier molecular flexibility index (Phi) is 16.7. The van der Waals surface area contributed by atoms with Gasteiger partial charge in [0.25, 0.3) is 0 Å². The van der Waals surface area contributed by atoms with Gasteiger partial charge in [0.2, 0.25) is 0 Å². The van der Waals surface area contributed by atoms with E-state index in [1.165, 1.54) is 159 Å². The van der Waals surface area contributed by atoms with Crippen molar-refractivity contribution < 1.29 is 4.48 Å². The second kappa shape index (κ2) is 18.0. The zero-order valence-electron chi connectivity index (χ0n) is 19.4. The Morgan fingerprint density at radius 1 is 0.407 bits per heavy atom. The quantitative estimate of drug-likeness (QED) is 0.146. The maximum Gasteiger partial charge on any atom is 0.0788 e. The number of likely N-dealkylation sites (tertiary alicyclic amines) is 1. The normalized spacial score (nSPS) is 16.2. The van der Waals surface area contributed by atoms with Crippen molar-refractivity contribution in [3.05, 3.63) is 0 Å². The standard InChI is InChI=1S/C26H54N/c1-3-5-7-8-9-10-11-12-13-14-15-16-17-18-20-24-27(23-19-6-4-2)25-21-22-26-27/h3-26H2,1-2H3/q+1. The molecule has 0 saturated carbocycles. The van der Waals surface area contributed by atoms with Crippen molar-refractivity contribution in [2.24, 2.45) is 0 Å². The summed E-state index contributed by atoms with van der Waals surface area (Å²) in [7, 11) is 0. The Labute approximate surface area is 173 Å². The molecule has 0 N–H and O–H groups in total. The van der Waals surface area contributed by atoms with E-state index in [2.05, 4.69) is 13.8 Å². The molecule has 1 aliphatic heterocycles. The van der Waals surface area contributed by atoms with Crippen LogP contribution in [-0.4, -0.2) is 30.7 Å². The molecule has 0 aliphatic carbocycles. The van der Waals surface area contributed by atoms with Gasteiger partial charge in [-0.1, -0.05) is 104 Å². The maximum atomic E-state index is 2.34. The van der Waals surface area contributed by atoms with E-state index in [4.69, 9.17) is 0 Å². The lowest BCUT2D eigenvalue weighted by atomic mass is 10.0. The van der Waals surface area contributed by atoms with Crippen LogP contribution < -0.4 is 0 Å². The summed E-state index contributed by atoms with van der Waals surface area (Å²) in [6, 6.07) is 0. The summed E-state index contributed by atoms with van der Waals surface area (Å²) in [5.74, 6) is 0. The Balaban J connectivity index is 1.84. The van der Waals surface area contributed by atoms with Gasteiger partial charge in [-0.3, -0.25) is 0 Å². The third kappa shape index (κ3) is 13.7. The molecule has 162 valence electrons. The molecule has 1 saturated heterocycles. The second-order valence-electron chi connectivity index (χ2n) is 9.60. The van der Waals surface area contributed by atoms with Crippen molar-refractivity contribution in [2.75, 3.05) is 26.2 Å². The van der Waals surface area contributed by atoms with E-state index >= 15 is 0 Å². The molecule has 0 amide bonds. The van der Waals surface area contributed by atoms with Crippen LogP contribution in [0.15, 0.2) is 0 Å². The summed E-state index contributed by atoms with van der Waals surface area (Å²) < 4.78 is 1.48. The smallest absolute Gasteiger partial charge is 0.0788 e. The summed E-state index contributed by atoms with van der Waals surface area (Å²) in [6.45, 7) is 10.6. The molecule has 0 radical (unpaired) electrons. The number of hydrogen-bond acceptors (Lipinski definition) is 0. The van der Waals surface area contributed by atoms with E-state index in [1.54, 1.807) is 0 Å². The summed E-state index contributed by atoms with van der Waals surface area (Å²) >= 11 is 0. The van der Waals surface area contributed by atoms with Crippen molar-refractivity contribution in [3.8, 4) is 0 Å². The molecule has 0 aromatic carbocycles. The highest BCUT2D eigenvalue weighted by atomic mass is 15.4. The van der Waals surface area contributed by atoms with Gasteiger partial charge in [-0.05, 0) is 25.7 Å². The van der Waals surface area contributed by atoms with Gasteiger partial charge >= 0.3 is 0 Å². The van der Waals surface area contributed by atoms with Crippen LogP contribution in [0.1, 0.15) is 142 Å². The molecular weight excluding hydrogens is 326 g/mol. The molecule has 1 fully saturated rings. The van der Waals surface area contributed by atoms with Crippen LogP contribution in [-0.2, 0) is 0 Å². The van der Waals surface area contributed by atoms with Crippen LogP contribution in [0, 0.1) is 0 Å². The average Bonchev–Trinajstić information content (AvgIpc) is 3.14. The summed E-state index contributed by atoms with van der Waals surface area (Å²) in [5.41, 5.74) is 0. The predicted octanol–water partition coefficient (Wildman–Crippen LogP) is 8.66. The molecule has 0 unspecified atom stereocenters. The van der Waals surface area contributed by atoms with Gasteiger partial charge in [-0.15, -0.1) is 0 Å². The highest BCUT2D eigenvalue weighted by molar-refractivity contribution is 4.57. The fourth-order valence-corrected chi connectivity index (χ4v) is 5.08. The Morgan fingerprint density at radius 2 is 0.704 bits per heavy atom. The van der Waals surface area contributed by atoms with Gasteiger partial charge in [0.15, 0.2) is 0 Å². The number of unbranched alkanes of at least 4 members (excludes halogenated alkanes) is 16. The third-order valence-corrected chi connectivity index (χ3v) is 6.99. The van der Waals surface area contributed by atoms with E-state index in [0.29, 0.717) is 0 Å². The van der Waals surface area contributed by atoms with Gasteiger partial charge in [-0.25, -0.2) is 0 Å². The van der Waals surface area contributed by atoms with Crippen molar-refractivity contribution in [2.45, 2.75) is 142 Å². The third-order valence-electron chi connectivity index (χ3n) is 6.99. The maximum absolute atomic E-state index is 2.34. The average molecular weight is 381 g/mol. The molecular formula is C26H54N+. The fourth-order valence-electron chi connectivity index (χ4n) is 5.08. The van der Waals surface area contributed by atoms with Crippen molar-refractivity contribution >= 4 is 0 Å². The highest BCUT2D eigenvalue weighted by Gasteiger charge is 2.30. The molecule has 0 atom stereocenters. The first-order valence-corrected chi connectivity index (χ1v) is 13.2. The zero-order chi connectivity index (χ0) is 19.5.